The first kappa shape index (κ1) is 22.2. The third-order valence-corrected chi connectivity index (χ3v) is 6.22. The van der Waals surface area contributed by atoms with E-state index in [1.54, 1.807) is 48.9 Å². The molecular formula is C27H23N3O5. The number of nitrogens with one attached hydrogen (secondary N) is 1. The first-order valence-corrected chi connectivity index (χ1v) is 11.0. The average molecular weight is 469 g/mol. The van der Waals surface area contributed by atoms with E-state index < -0.39 is 17.7 Å². The molecule has 1 amide bonds. The molecule has 1 saturated heterocycles. The van der Waals surface area contributed by atoms with E-state index in [1.165, 1.54) is 19.1 Å². The SMILES string of the molecule is COc1cccc(OC)c1/C(O)=C1\C(=O)C(=O)N(Cc2ccncc2)C1c1c[nH]c2ccccc12. The van der Waals surface area contributed by atoms with Crippen molar-refractivity contribution in [2.24, 2.45) is 0 Å². The molecule has 0 radical (unpaired) electrons. The molecule has 1 aliphatic rings. The molecule has 8 heteroatoms. The Kier molecular flexibility index (Phi) is 5.70. The Morgan fingerprint density at radius 3 is 2.37 bits per heavy atom. The van der Waals surface area contributed by atoms with E-state index >= 15 is 0 Å². The smallest absolute Gasteiger partial charge is 0.295 e. The maximum Gasteiger partial charge on any atom is 0.295 e. The molecule has 8 nitrogen and oxygen atoms in total. The fraction of sp³-hybridized carbons (Fsp3) is 0.148. The zero-order chi connectivity index (χ0) is 24.5. The summed E-state index contributed by atoms with van der Waals surface area (Å²) < 4.78 is 10.9. The van der Waals surface area contributed by atoms with Crippen molar-refractivity contribution in [1.82, 2.24) is 14.9 Å². The van der Waals surface area contributed by atoms with Gasteiger partial charge in [-0.05, 0) is 35.9 Å². The second-order valence-corrected chi connectivity index (χ2v) is 8.11. The van der Waals surface area contributed by atoms with Crippen LogP contribution in [0.3, 0.4) is 0 Å². The highest BCUT2D eigenvalue weighted by Crippen LogP contribution is 2.45. The molecule has 2 aromatic heterocycles. The summed E-state index contributed by atoms with van der Waals surface area (Å²) in [5, 5.41) is 12.4. The number of benzene rings is 2. The summed E-state index contributed by atoms with van der Waals surface area (Å²) in [5.41, 5.74) is 2.54. The van der Waals surface area contributed by atoms with Crippen molar-refractivity contribution >= 4 is 28.4 Å². The van der Waals surface area contributed by atoms with Gasteiger partial charge in [-0.3, -0.25) is 14.6 Å². The van der Waals surface area contributed by atoms with Crippen LogP contribution >= 0.6 is 0 Å². The van der Waals surface area contributed by atoms with Gasteiger partial charge in [-0.15, -0.1) is 0 Å². The van der Waals surface area contributed by atoms with Crippen LogP contribution in [0.1, 0.15) is 22.7 Å². The number of nitrogens with zero attached hydrogens (tertiary/aromatic N) is 2. The Balaban J connectivity index is 1.76. The molecule has 0 bridgehead atoms. The minimum Gasteiger partial charge on any atom is -0.506 e. The number of aliphatic hydroxyl groups excluding tert-OH is 1. The van der Waals surface area contributed by atoms with Gasteiger partial charge in [-0.1, -0.05) is 24.3 Å². The number of amides is 1. The van der Waals surface area contributed by atoms with Crippen LogP contribution in [-0.4, -0.2) is 45.9 Å². The number of aromatic nitrogens is 2. The van der Waals surface area contributed by atoms with Crippen LogP contribution in [0.15, 0.2) is 78.8 Å². The molecule has 0 spiro atoms. The van der Waals surface area contributed by atoms with Crippen LogP contribution in [0.25, 0.3) is 16.7 Å². The van der Waals surface area contributed by atoms with Crippen LogP contribution in [0.4, 0.5) is 0 Å². The minimum atomic E-state index is -0.839. The molecule has 2 N–H and O–H groups in total. The van der Waals surface area contributed by atoms with Crippen molar-refractivity contribution < 1.29 is 24.2 Å². The molecule has 4 aromatic rings. The first-order valence-electron chi connectivity index (χ1n) is 11.0. The van der Waals surface area contributed by atoms with Gasteiger partial charge >= 0.3 is 0 Å². The number of pyridine rings is 1. The number of fused-ring (bicyclic) bond motifs is 1. The average Bonchev–Trinajstić information content (AvgIpc) is 3.42. The van der Waals surface area contributed by atoms with Crippen molar-refractivity contribution in [2.75, 3.05) is 14.2 Å². The van der Waals surface area contributed by atoms with Crippen molar-refractivity contribution in [3.05, 3.63) is 95.5 Å². The number of aromatic amines is 1. The summed E-state index contributed by atoms with van der Waals surface area (Å²) in [6.45, 7) is 0.164. The number of ether oxygens (including phenoxy) is 2. The van der Waals surface area contributed by atoms with Gasteiger partial charge in [-0.25, -0.2) is 0 Å². The summed E-state index contributed by atoms with van der Waals surface area (Å²) >= 11 is 0. The molecular weight excluding hydrogens is 446 g/mol. The van der Waals surface area contributed by atoms with Crippen molar-refractivity contribution in [2.45, 2.75) is 12.6 Å². The maximum atomic E-state index is 13.4. The fourth-order valence-corrected chi connectivity index (χ4v) is 4.59. The number of likely N-dealkylation sites (tertiary alicyclic amines) is 1. The van der Waals surface area contributed by atoms with Gasteiger partial charge in [0.15, 0.2) is 0 Å². The molecule has 2 aromatic carbocycles. The molecule has 1 aliphatic heterocycles. The van der Waals surface area contributed by atoms with Gasteiger partial charge in [0.2, 0.25) is 0 Å². The third-order valence-electron chi connectivity index (χ3n) is 6.22. The van der Waals surface area contributed by atoms with Gasteiger partial charge in [0, 0.05) is 41.6 Å². The number of para-hydroxylation sites is 1. The molecule has 1 fully saturated rings. The van der Waals surface area contributed by atoms with Gasteiger partial charge in [0.25, 0.3) is 11.7 Å². The highest BCUT2D eigenvalue weighted by Gasteiger charge is 2.47. The highest BCUT2D eigenvalue weighted by atomic mass is 16.5. The number of H-pyrrole nitrogens is 1. The van der Waals surface area contributed by atoms with Crippen LogP contribution in [0.5, 0.6) is 11.5 Å². The van der Waals surface area contributed by atoms with E-state index in [0.717, 1.165) is 16.5 Å². The summed E-state index contributed by atoms with van der Waals surface area (Å²) in [6.07, 6.45) is 5.03. The lowest BCUT2D eigenvalue weighted by molar-refractivity contribution is -0.140. The van der Waals surface area contributed by atoms with E-state index in [4.69, 9.17) is 9.47 Å². The van der Waals surface area contributed by atoms with Crippen molar-refractivity contribution in [1.29, 1.82) is 0 Å². The van der Waals surface area contributed by atoms with Gasteiger partial charge in [0.05, 0.1) is 25.8 Å². The zero-order valence-corrected chi connectivity index (χ0v) is 19.2. The van der Waals surface area contributed by atoms with E-state index in [9.17, 15) is 14.7 Å². The predicted octanol–water partition coefficient (Wildman–Crippen LogP) is 4.20. The molecule has 176 valence electrons. The number of methoxy groups -OCH3 is 2. The molecule has 3 heterocycles. The molecule has 5 rings (SSSR count). The summed E-state index contributed by atoms with van der Waals surface area (Å²) in [7, 11) is 2.93. The Morgan fingerprint density at radius 1 is 1.00 bits per heavy atom. The van der Waals surface area contributed by atoms with Crippen LogP contribution < -0.4 is 9.47 Å². The van der Waals surface area contributed by atoms with E-state index in [2.05, 4.69) is 9.97 Å². The van der Waals surface area contributed by atoms with Crippen molar-refractivity contribution in [3.63, 3.8) is 0 Å². The maximum absolute atomic E-state index is 13.4. The van der Waals surface area contributed by atoms with Gasteiger partial charge in [-0.2, -0.15) is 0 Å². The molecule has 0 saturated carbocycles. The number of hydrogen-bond acceptors (Lipinski definition) is 6. The molecule has 35 heavy (non-hydrogen) atoms. The lowest BCUT2D eigenvalue weighted by atomic mass is 9.94. The normalized spacial score (nSPS) is 17.2. The van der Waals surface area contributed by atoms with Crippen LogP contribution in [0, 0.1) is 0 Å². The highest BCUT2D eigenvalue weighted by molar-refractivity contribution is 6.46. The predicted molar refractivity (Wildman–Crippen MR) is 130 cm³/mol. The van der Waals surface area contributed by atoms with E-state index in [1.807, 2.05) is 24.3 Å². The quantitative estimate of drug-likeness (QED) is 0.249. The lowest BCUT2D eigenvalue weighted by Gasteiger charge is -2.25. The van der Waals surface area contributed by atoms with Crippen molar-refractivity contribution in [3.8, 4) is 11.5 Å². The van der Waals surface area contributed by atoms with E-state index in [0.29, 0.717) is 17.1 Å². The monoisotopic (exact) mass is 469 g/mol. The number of ketones is 1. The number of rotatable bonds is 6. The van der Waals surface area contributed by atoms with Crippen LogP contribution in [0.2, 0.25) is 0 Å². The Hall–Kier alpha value is -4.59. The lowest BCUT2D eigenvalue weighted by Crippen LogP contribution is -2.29. The standard InChI is InChI=1S/C27H23N3O5/c1-34-20-8-5-9-21(35-2)22(20)25(31)23-24(18-14-29-19-7-4-3-6-17(18)19)30(27(33)26(23)32)15-16-10-12-28-13-11-16/h3-14,24,29,31H,15H2,1-2H3/b25-23+. The third kappa shape index (κ3) is 3.69. The summed E-state index contributed by atoms with van der Waals surface area (Å²) in [4.78, 5) is 35.5. The van der Waals surface area contributed by atoms with E-state index in [-0.39, 0.29) is 23.4 Å². The van der Waals surface area contributed by atoms with Gasteiger partial charge in [0.1, 0.15) is 22.8 Å². The number of aliphatic hydroxyl groups is 1. The fourth-order valence-electron chi connectivity index (χ4n) is 4.59. The topological polar surface area (TPSA) is 105 Å². The Bertz CT molecular complexity index is 1440. The second-order valence-electron chi connectivity index (χ2n) is 8.11. The number of carbonyl (C=O) groups excluding carboxylic acids is 2. The zero-order valence-electron chi connectivity index (χ0n) is 19.2. The number of Topliss-reactive ketones (excluding diaryl/α,β-unsaturated/α-hetero) is 1. The summed E-state index contributed by atoms with van der Waals surface area (Å²) in [5.74, 6) is -1.20. The van der Waals surface area contributed by atoms with Crippen LogP contribution in [-0.2, 0) is 16.1 Å². The Morgan fingerprint density at radius 2 is 1.69 bits per heavy atom. The minimum absolute atomic E-state index is 0.0309. The first-order chi connectivity index (χ1) is 17.0. The summed E-state index contributed by atoms with van der Waals surface area (Å²) in [6, 6.07) is 15.4. The number of carbonyl (C=O) groups is 2. The molecule has 1 unspecified atom stereocenters. The number of hydrogen-bond donors (Lipinski definition) is 2. The molecule has 0 aliphatic carbocycles. The second kappa shape index (κ2) is 8.98. The van der Waals surface area contributed by atoms with Gasteiger partial charge < -0.3 is 24.5 Å². The Labute approximate surface area is 201 Å². The molecule has 1 atom stereocenters. The largest absolute Gasteiger partial charge is 0.506 e.